The summed E-state index contributed by atoms with van der Waals surface area (Å²) in [6.07, 6.45) is 2.25. The average Bonchev–Trinajstić information content (AvgIpc) is 2.69. The Labute approximate surface area is 161 Å². The number of halogens is 5. The number of allylic oxidation sites excluding steroid dienone is 4. The molecule has 2 aromatic rings. The minimum atomic E-state index is -2.19. The predicted molar refractivity (Wildman–Crippen MR) is 102 cm³/mol. The van der Waals surface area contributed by atoms with E-state index in [1.54, 1.807) is 12.1 Å². The monoisotopic (exact) mass is 392 g/mol. The van der Waals surface area contributed by atoms with Crippen molar-refractivity contribution in [2.24, 2.45) is 0 Å². The van der Waals surface area contributed by atoms with Gasteiger partial charge < -0.3 is 0 Å². The molecule has 0 radical (unpaired) electrons. The minimum absolute atomic E-state index is 0.0664. The SMILES string of the molecule is CCCCCc1ccc(-c2ccc(C3=CC(F)=C(F)C(F)C3)c(F)c2F)cc1. The zero-order valence-electron chi connectivity index (χ0n) is 15.5. The van der Waals surface area contributed by atoms with E-state index in [9.17, 15) is 22.0 Å². The maximum Gasteiger partial charge on any atom is 0.170 e. The number of rotatable bonds is 6. The fraction of sp³-hybridized carbons (Fsp3) is 0.304. The lowest BCUT2D eigenvalue weighted by Gasteiger charge is -2.17. The summed E-state index contributed by atoms with van der Waals surface area (Å²) in [5.41, 5.74) is 1.33. The summed E-state index contributed by atoms with van der Waals surface area (Å²) in [7, 11) is 0. The van der Waals surface area contributed by atoms with Crippen molar-refractivity contribution in [2.45, 2.75) is 45.2 Å². The molecule has 148 valence electrons. The fourth-order valence-corrected chi connectivity index (χ4v) is 3.35. The van der Waals surface area contributed by atoms with Gasteiger partial charge in [0.25, 0.3) is 0 Å². The largest absolute Gasteiger partial charge is 0.239 e. The number of alkyl halides is 1. The van der Waals surface area contributed by atoms with Crippen LogP contribution in [-0.2, 0) is 6.42 Å². The molecule has 1 atom stereocenters. The number of unbranched alkanes of at least 4 members (excludes halogenated alkanes) is 2. The third kappa shape index (κ3) is 4.18. The van der Waals surface area contributed by atoms with Crippen molar-refractivity contribution < 1.29 is 22.0 Å². The summed E-state index contributed by atoms with van der Waals surface area (Å²) >= 11 is 0. The van der Waals surface area contributed by atoms with E-state index in [1.807, 2.05) is 12.1 Å². The Morgan fingerprint density at radius 3 is 2.14 bits per heavy atom. The highest BCUT2D eigenvalue weighted by molar-refractivity contribution is 5.74. The minimum Gasteiger partial charge on any atom is -0.239 e. The second-order valence-corrected chi connectivity index (χ2v) is 6.98. The summed E-state index contributed by atoms with van der Waals surface area (Å²) < 4.78 is 69.4. The van der Waals surface area contributed by atoms with Crippen molar-refractivity contribution in [2.75, 3.05) is 0 Å². The molecule has 2 aromatic carbocycles. The number of benzene rings is 2. The lowest BCUT2D eigenvalue weighted by Crippen LogP contribution is -2.10. The molecule has 1 unspecified atom stereocenters. The van der Waals surface area contributed by atoms with Gasteiger partial charge in [0.15, 0.2) is 29.5 Å². The molecule has 0 aliphatic heterocycles. The van der Waals surface area contributed by atoms with Gasteiger partial charge in [-0.05, 0) is 35.6 Å². The normalized spacial score (nSPS) is 17.1. The van der Waals surface area contributed by atoms with Crippen molar-refractivity contribution >= 4 is 5.57 Å². The van der Waals surface area contributed by atoms with Crippen LogP contribution in [0.1, 0.15) is 43.7 Å². The molecule has 0 spiro atoms. The molecule has 0 aromatic heterocycles. The summed E-state index contributed by atoms with van der Waals surface area (Å²) in [6.45, 7) is 2.13. The van der Waals surface area contributed by atoms with Gasteiger partial charge >= 0.3 is 0 Å². The van der Waals surface area contributed by atoms with Crippen LogP contribution in [0.3, 0.4) is 0 Å². The Bertz CT molecular complexity index is 909. The zero-order chi connectivity index (χ0) is 20.3. The quantitative estimate of drug-likeness (QED) is 0.350. The van der Waals surface area contributed by atoms with Gasteiger partial charge in [-0.1, -0.05) is 56.2 Å². The molecule has 0 nitrogen and oxygen atoms in total. The standard InChI is InChI=1S/C23H21F5/c1-2-3-4-5-14-6-8-15(9-7-14)17-10-11-18(22(27)21(17)26)16-12-19(24)23(28)20(25)13-16/h6-12,20H,2-5,13H2,1H3. The Kier molecular flexibility index (Phi) is 6.32. The molecule has 0 heterocycles. The van der Waals surface area contributed by atoms with E-state index in [4.69, 9.17) is 0 Å². The second kappa shape index (κ2) is 8.72. The Hall–Kier alpha value is -2.43. The third-order valence-corrected chi connectivity index (χ3v) is 4.97. The maximum atomic E-state index is 14.6. The van der Waals surface area contributed by atoms with E-state index in [0.717, 1.165) is 31.2 Å². The van der Waals surface area contributed by atoms with E-state index in [2.05, 4.69) is 6.92 Å². The first-order chi connectivity index (χ1) is 13.4. The van der Waals surface area contributed by atoms with Crippen LogP contribution in [0.4, 0.5) is 22.0 Å². The van der Waals surface area contributed by atoms with Crippen LogP contribution in [0.25, 0.3) is 16.7 Å². The second-order valence-electron chi connectivity index (χ2n) is 6.98. The van der Waals surface area contributed by atoms with Gasteiger partial charge in [0.1, 0.15) is 0 Å². The molecular weight excluding hydrogens is 371 g/mol. The summed E-state index contributed by atoms with van der Waals surface area (Å²) in [5.74, 6) is -5.20. The van der Waals surface area contributed by atoms with E-state index in [0.29, 0.717) is 11.6 Å². The third-order valence-electron chi connectivity index (χ3n) is 4.97. The molecule has 3 rings (SSSR count). The van der Waals surface area contributed by atoms with Crippen LogP contribution in [-0.4, -0.2) is 6.17 Å². The van der Waals surface area contributed by atoms with Gasteiger partial charge in [-0.2, -0.15) is 0 Å². The molecule has 0 amide bonds. The van der Waals surface area contributed by atoms with E-state index < -0.39 is 35.9 Å². The van der Waals surface area contributed by atoms with E-state index >= 15 is 0 Å². The summed E-state index contributed by atoms with van der Waals surface area (Å²) in [5, 5.41) is 0. The summed E-state index contributed by atoms with van der Waals surface area (Å²) in [4.78, 5) is 0. The molecule has 0 saturated carbocycles. The molecular formula is C23H21F5. The predicted octanol–water partition coefficient (Wildman–Crippen LogP) is 7.64. The summed E-state index contributed by atoms with van der Waals surface area (Å²) in [6, 6.07) is 9.88. The van der Waals surface area contributed by atoms with Crippen molar-refractivity contribution in [1.29, 1.82) is 0 Å². The van der Waals surface area contributed by atoms with Crippen LogP contribution >= 0.6 is 0 Å². The Morgan fingerprint density at radius 2 is 1.50 bits per heavy atom. The smallest absolute Gasteiger partial charge is 0.170 e. The van der Waals surface area contributed by atoms with E-state index in [-0.39, 0.29) is 16.7 Å². The number of hydrogen-bond donors (Lipinski definition) is 0. The Balaban J connectivity index is 1.88. The lowest BCUT2D eigenvalue weighted by atomic mass is 9.92. The van der Waals surface area contributed by atoms with Crippen LogP contribution in [0, 0.1) is 11.6 Å². The first-order valence-electron chi connectivity index (χ1n) is 9.39. The molecule has 5 heteroatoms. The van der Waals surface area contributed by atoms with Gasteiger partial charge in [0.2, 0.25) is 0 Å². The van der Waals surface area contributed by atoms with Crippen molar-refractivity contribution in [1.82, 2.24) is 0 Å². The molecule has 28 heavy (non-hydrogen) atoms. The maximum absolute atomic E-state index is 14.6. The molecule has 0 N–H and O–H groups in total. The van der Waals surface area contributed by atoms with Crippen LogP contribution < -0.4 is 0 Å². The highest BCUT2D eigenvalue weighted by Crippen LogP contribution is 2.37. The first kappa shape index (κ1) is 20.3. The highest BCUT2D eigenvalue weighted by Gasteiger charge is 2.27. The molecule has 0 saturated heterocycles. The first-order valence-corrected chi connectivity index (χ1v) is 9.39. The van der Waals surface area contributed by atoms with Crippen molar-refractivity contribution in [3.8, 4) is 11.1 Å². The number of hydrogen-bond acceptors (Lipinski definition) is 0. The van der Waals surface area contributed by atoms with Gasteiger partial charge in [-0.3, -0.25) is 0 Å². The molecule has 0 bridgehead atoms. The van der Waals surface area contributed by atoms with Gasteiger partial charge in [0, 0.05) is 17.5 Å². The van der Waals surface area contributed by atoms with Crippen molar-refractivity contribution in [3.05, 3.63) is 76.9 Å². The van der Waals surface area contributed by atoms with Crippen LogP contribution in [0.2, 0.25) is 0 Å². The average molecular weight is 392 g/mol. The lowest BCUT2D eigenvalue weighted by molar-refractivity contribution is 0.314. The highest BCUT2D eigenvalue weighted by atomic mass is 19.2. The van der Waals surface area contributed by atoms with Gasteiger partial charge in [-0.25, -0.2) is 22.0 Å². The Morgan fingerprint density at radius 1 is 0.857 bits per heavy atom. The van der Waals surface area contributed by atoms with Gasteiger partial charge in [-0.15, -0.1) is 0 Å². The topological polar surface area (TPSA) is 0 Å². The van der Waals surface area contributed by atoms with Gasteiger partial charge in [0.05, 0.1) is 0 Å². The number of aryl methyl sites for hydroxylation is 1. The molecule has 1 aliphatic carbocycles. The fourth-order valence-electron chi connectivity index (χ4n) is 3.35. The van der Waals surface area contributed by atoms with Crippen LogP contribution in [0.5, 0.6) is 0 Å². The van der Waals surface area contributed by atoms with Crippen LogP contribution in [0.15, 0.2) is 54.1 Å². The molecule has 0 fully saturated rings. The van der Waals surface area contributed by atoms with Crippen molar-refractivity contribution in [3.63, 3.8) is 0 Å². The molecule has 1 aliphatic rings. The van der Waals surface area contributed by atoms with E-state index in [1.165, 1.54) is 12.1 Å². The zero-order valence-corrected chi connectivity index (χ0v) is 15.5.